The average Bonchev–Trinajstić information content (AvgIpc) is 2.55. The Morgan fingerprint density at radius 3 is 2.17 bits per heavy atom. The second-order valence-corrected chi connectivity index (χ2v) is 7.70. The zero-order valence-electron chi connectivity index (χ0n) is 14.0. The van der Waals surface area contributed by atoms with Gasteiger partial charge in [0.25, 0.3) is 5.91 Å². The molecule has 0 aliphatic heterocycles. The predicted octanol–water partition coefficient (Wildman–Crippen LogP) is 3.25. The smallest absolute Gasteiger partial charge is 0.251 e. The summed E-state index contributed by atoms with van der Waals surface area (Å²) in [5.74, 6) is -0.198. The molecule has 0 saturated carbocycles. The van der Waals surface area contributed by atoms with Crippen LogP contribution >= 0.6 is 0 Å². The van der Waals surface area contributed by atoms with Crippen molar-refractivity contribution in [2.45, 2.75) is 26.8 Å². The first-order valence-electron chi connectivity index (χ1n) is 7.78. The van der Waals surface area contributed by atoms with Gasteiger partial charge in [0.1, 0.15) is 0 Å². The Morgan fingerprint density at radius 1 is 1.04 bits per heavy atom. The van der Waals surface area contributed by atoms with Gasteiger partial charge in [-0.2, -0.15) is 0 Å². The first kappa shape index (κ1) is 18.0. The number of hydrogen-bond acceptors (Lipinski definition) is 3. The summed E-state index contributed by atoms with van der Waals surface area (Å²) >= 11 is 0. The van der Waals surface area contributed by atoms with E-state index in [-0.39, 0.29) is 17.7 Å². The maximum atomic E-state index is 12.3. The highest BCUT2D eigenvalue weighted by Crippen LogP contribution is 2.15. The SMILES string of the molecule is CCS(=O)(=O)Nc1ccc(C(=O)N[C@H](C)c2ccc(C)cc2)cc1. The number of carbonyl (C=O) groups excluding carboxylic acids is 1. The van der Waals surface area contributed by atoms with Crippen molar-refractivity contribution in [2.75, 3.05) is 10.5 Å². The summed E-state index contributed by atoms with van der Waals surface area (Å²) in [5.41, 5.74) is 3.12. The molecule has 128 valence electrons. The molecule has 0 bridgehead atoms. The van der Waals surface area contributed by atoms with E-state index in [2.05, 4.69) is 10.0 Å². The van der Waals surface area contributed by atoms with Crippen LogP contribution in [0.2, 0.25) is 0 Å². The van der Waals surface area contributed by atoms with E-state index in [1.807, 2.05) is 38.1 Å². The van der Waals surface area contributed by atoms with Crippen molar-refractivity contribution in [1.82, 2.24) is 5.32 Å². The van der Waals surface area contributed by atoms with E-state index in [1.165, 1.54) is 5.56 Å². The monoisotopic (exact) mass is 346 g/mol. The molecule has 2 rings (SSSR count). The number of amides is 1. The highest BCUT2D eigenvalue weighted by molar-refractivity contribution is 7.92. The molecule has 0 fully saturated rings. The number of aryl methyl sites for hydroxylation is 1. The molecular weight excluding hydrogens is 324 g/mol. The van der Waals surface area contributed by atoms with E-state index >= 15 is 0 Å². The van der Waals surface area contributed by atoms with E-state index in [0.717, 1.165) is 5.56 Å². The van der Waals surface area contributed by atoms with Crippen LogP contribution in [0.15, 0.2) is 48.5 Å². The van der Waals surface area contributed by atoms with E-state index in [1.54, 1.807) is 31.2 Å². The van der Waals surface area contributed by atoms with Gasteiger partial charge in [-0.05, 0) is 50.6 Å². The Hall–Kier alpha value is -2.34. The number of sulfonamides is 1. The standard InChI is InChI=1S/C18H22N2O3S/c1-4-24(22,23)20-17-11-9-16(10-12-17)18(21)19-14(3)15-7-5-13(2)6-8-15/h5-12,14,20H,4H2,1-3H3,(H,19,21)/t14-/m1/s1. The number of carbonyl (C=O) groups is 1. The van der Waals surface area contributed by atoms with Gasteiger partial charge in [-0.15, -0.1) is 0 Å². The third-order valence-corrected chi connectivity index (χ3v) is 5.03. The van der Waals surface area contributed by atoms with Gasteiger partial charge < -0.3 is 5.32 Å². The molecule has 2 aromatic rings. The fourth-order valence-electron chi connectivity index (χ4n) is 2.16. The number of benzene rings is 2. The highest BCUT2D eigenvalue weighted by Gasteiger charge is 2.12. The lowest BCUT2D eigenvalue weighted by atomic mass is 10.1. The van der Waals surface area contributed by atoms with E-state index < -0.39 is 10.0 Å². The molecule has 1 atom stereocenters. The molecule has 0 saturated heterocycles. The van der Waals surface area contributed by atoms with Crippen LogP contribution in [-0.4, -0.2) is 20.1 Å². The topological polar surface area (TPSA) is 75.3 Å². The summed E-state index contributed by atoms with van der Waals surface area (Å²) in [5, 5.41) is 2.93. The molecule has 0 heterocycles. The zero-order chi connectivity index (χ0) is 17.7. The van der Waals surface area contributed by atoms with Crippen molar-refractivity contribution >= 4 is 21.6 Å². The van der Waals surface area contributed by atoms with Crippen LogP contribution in [0.5, 0.6) is 0 Å². The molecular formula is C18H22N2O3S. The van der Waals surface area contributed by atoms with E-state index in [9.17, 15) is 13.2 Å². The minimum Gasteiger partial charge on any atom is -0.346 e. The lowest BCUT2D eigenvalue weighted by Crippen LogP contribution is -2.26. The molecule has 0 aliphatic carbocycles. The quantitative estimate of drug-likeness (QED) is 0.843. The van der Waals surface area contributed by atoms with Gasteiger partial charge in [0.15, 0.2) is 0 Å². The molecule has 0 radical (unpaired) electrons. The number of nitrogens with one attached hydrogen (secondary N) is 2. The Balaban J connectivity index is 2.03. The average molecular weight is 346 g/mol. The molecule has 6 heteroatoms. The van der Waals surface area contributed by atoms with Gasteiger partial charge in [0.05, 0.1) is 11.8 Å². The third kappa shape index (κ3) is 4.83. The first-order valence-corrected chi connectivity index (χ1v) is 9.44. The van der Waals surface area contributed by atoms with Crippen LogP contribution < -0.4 is 10.0 Å². The number of anilines is 1. The van der Waals surface area contributed by atoms with Crippen molar-refractivity contribution in [2.24, 2.45) is 0 Å². The second-order valence-electron chi connectivity index (χ2n) is 5.69. The lowest BCUT2D eigenvalue weighted by Gasteiger charge is -2.15. The third-order valence-electron chi connectivity index (χ3n) is 3.73. The van der Waals surface area contributed by atoms with Crippen LogP contribution in [0.4, 0.5) is 5.69 Å². The molecule has 1 amide bonds. The Labute approximate surface area is 143 Å². The van der Waals surface area contributed by atoms with E-state index in [4.69, 9.17) is 0 Å². The van der Waals surface area contributed by atoms with Gasteiger partial charge in [0, 0.05) is 11.3 Å². The minimum absolute atomic E-state index is 0.00328. The van der Waals surface area contributed by atoms with Crippen molar-refractivity contribution in [3.63, 3.8) is 0 Å². The molecule has 0 aromatic heterocycles. The van der Waals surface area contributed by atoms with Gasteiger partial charge in [-0.1, -0.05) is 29.8 Å². The zero-order valence-corrected chi connectivity index (χ0v) is 14.9. The van der Waals surface area contributed by atoms with Crippen LogP contribution in [0.25, 0.3) is 0 Å². The number of hydrogen-bond donors (Lipinski definition) is 2. The van der Waals surface area contributed by atoms with Crippen LogP contribution in [0.1, 0.15) is 41.4 Å². The van der Waals surface area contributed by atoms with Gasteiger partial charge >= 0.3 is 0 Å². The van der Waals surface area contributed by atoms with Gasteiger partial charge in [-0.25, -0.2) is 8.42 Å². The molecule has 0 spiro atoms. The van der Waals surface area contributed by atoms with Gasteiger partial charge in [0.2, 0.25) is 10.0 Å². The van der Waals surface area contributed by atoms with Crippen LogP contribution in [-0.2, 0) is 10.0 Å². The molecule has 0 aliphatic rings. The van der Waals surface area contributed by atoms with Crippen molar-refractivity contribution in [1.29, 1.82) is 0 Å². The number of rotatable bonds is 6. The Bertz CT molecular complexity index is 797. The predicted molar refractivity (Wildman–Crippen MR) is 96.6 cm³/mol. The summed E-state index contributed by atoms with van der Waals surface area (Å²) < 4.78 is 25.5. The lowest BCUT2D eigenvalue weighted by molar-refractivity contribution is 0.0940. The Kier molecular flexibility index (Phi) is 5.62. The summed E-state index contributed by atoms with van der Waals surface area (Å²) in [6.45, 7) is 5.50. The maximum absolute atomic E-state index is 12.3. The first-order chi connectivity index (χ1) is 11.3. The van der Waals surface area contributed by atoms with Crippen molar-refractivity contribution in [3.8, 4) is 0 Å². The molecule has 0 unspecified atom stereocenters. The molecule has 2 N–H and O–H groups in total. The summed E-state index contributed by atoms with van der Waals surface area (Å²) in [6.07, 6.45) is 0. The second kappa shape index (κ2) is 7.49. The summed E-state index contributed by atoms with van der Waals surface area (Å²) in [4.78, 5) is 12.3. The van der Waals surface area contributed by atoms with Gasteiger partial charge in [-0.3, -0.25) is 9.52 Å². The molecule has 2 aromatic carbocycles. The van der Waals surface area contributed by atoms with Crippen molar-refractivity contribution < 1.29 is 13.2 Å². The normalized spacial score (nSPS) is 12.5. The highest BCUT2D eigenvalue weighted by atomic mass is 32.2. The summed E-state index contributed by atoms with van der Waals surface area (Å²) in [7, 11) is -3.31. The van der Waals surface area contributed by atoms with Crippen molar-refractivity contribution in [3.05, 3.63) is 65.2 Å². The molecule has 24 heavy (non-hydrogen) atoms. The Morgan fingerprint density at radius 2 is 1.62 bits per heavy atom. The fourth-order valence-corrected chi connectivity index (χ4v) is 2.80. The van der Waals surface area contributed by atoms with Crippen LogP contribution in [0, 0.1) is 6.92 Å². The summed E-state index contributed by atoms with van der Waals surface area (Å²) in [6, 6.07) is 14.2. The van der Waals surface area contributed by atoms with Crippen LogP contribution in [0.3, 0.4) is 0 Å². The maximum Gasteiger partial charge on any atom is 0.251 e. The molecule has 5 nitrogen and oxygen atoms in total. The largest absolute Gasteiger partial charge is 0.346 e. The van der Waals surface area contributed by atoms with E-state index in [0.29, 0.717) is 11.3 Å². The minimum atomic E-state index is -3.31. The fraction of sp³-hybridized carbons (Fsp3) is 0.278.